The van der Waals surface area contributed by atoms with Crippen LogP contribution in [0.4, 0.5) is 9.93 Å². The highest BCUT2D eigenvalue weighted by molar-refractivity contribution is 8.08. The average molecular weight is 978 g/mol. The van der Waals surface area contributed by atoms with Crippen LogP contribution in [0.1, 0.15) is 60.4 Å². The molecule has 3 heterocycles. The molecule has 1 fully saturated rings. The molecule has 8 rings (SSSR count). The van der Waals surface area contributed by atoms with Crippen molar-refractivity contribution in [2.45, 2.75) is 49.5 Å². The molecule has 1 aromatic heterocycles. The van der Waals surface area contributed by atoms with Gasteiger partial charge in [0.1, 0.15) is 34.2 Å². The van der Waals surface area contributed by atoms with Crippen LogP contribution < -0.4 is 16.4 Å². The third-order valence-electron chi connectivity index (χ3n) is 10.7. The molecule has 5 aromatic carbocycles. The minimum Gasteiger partial charge on any atom is -0.448 e. The number of thioether (sulfide) groups is 2. The van der Waals surface area contributed by atoms with E-state index in [0.29, 0.717) is 21.6 Å². The normalized spacial score (nSPS) is 16.1. The highest BCUT2D eigenvalue weighted by Gasteiger charge is 2.55. The second-order valence-electron chi connectivity index (χ2n) is 16.6. The van der Waals surface area contributed by atoms with E-state index in [1.807, 2.05) is 152 Å². The van der Waals surface area contributed by atoms with Crippen molar-refractivity contribution in [3.63, 3.8) is 0 Å². The van der Waals surface area contributed by atoms with E-state index >= 15 is 0 Å². The quantitative estimate of drug-likeness (QED) is 0.0180. The van der Waals surface area contributed by atoms with E-state index in [4.69, 9.17) is 25.5 Å². The van der Waals surface area contributed by atoms with Crippen molar-refractivity contribution in [3.05, 3.63) is 213 Å². The van der Waals surface area contributed by atoms with Gasteiger partial charge in [0.2, 0.25) is 5.60 Å². The Morgan fingerprint density at radius 3 is 1.87 bits per heavy atom. The van der Waals surface area contributed by atoms with Crippen LogP contribution in [0, 0.1) is 5.41 Å². The zero-order valence-corrected chi connectivity index (χ0v) is 40.1. The molecule has 2 aliphatic rings. The lowest BCUT2D eigenvalue weighted by Gasteiger charge is -2.49. The largest absolute Gasteiger partial charge is 0.448 e. The molecule has 69 heavy (non-hydrogen) atoms. The van der Waals surface area contributed by atoms with Gasteiger partial charge in [-0.15, -0.1) is 23.1 Å². The van der Waals surface area contributed by atoms with Gasteiger partial charge in [0.25, 0.3) is 11.8 Å². The summed E-state index contributed by atoms with van der Waals surface area (Å²) in [5.41, 5.74) is 6.75. The topological polar surface area (TPSA) is 198 Å². The SMILES string of the molecule is CC(C)(C)OC(=O)Nc1nc(/C(=N/OC(c2ccccc2)(c2ccccc2)c2ccccc2)C(=O)NC2C(=O)N3C(C(=O)OC(c4ccccc4)c4ccccc4)=C(S/C=C/C(=N)N)CS[C@H]23)cs1. The van der Waals surface area contributed by atoms with E-state index in [-0.39, 0.29) is 33.8 Å². The van der Waals surface area contributed by atoms with Crippen LogP contribution >= 0.6 is 34.9 Å². The summed E-state index contributed by atoms with van der Waals surface area (Å²) < 4.78 is 11.7. The Kier molecular flexibility index (Phi) is 14.8. The summed E-state index contributed by atoms with van der Waals surface area (Å²) in [6.45, 7) is 5.20. The Hall–Kier alpha value is -7.47. The molecule has 14 nitrogen and oxygen atoms in total. The van der Waals surface area contributed by atoms with Crippen LogP contribution in [0.15, 0.2) is 184 Å². The lowest BCUT2D eigenvalue weighted by Crippen LogP contribution is -2.71. The Bertz CT molecular complexity index is 2780. The number of hydrogen-bond acceptors (Lipinski definition) is 13. The summed E-state index contributed by atoms with van der Waals surface area (Å²) in [7, 11) is 0. The van der Waals surface area contributed by atoms with Gasteiger partial charge < -0.3 is 25.4 Å². The van der Waals surface area contributed by atoms with Gasteiger partial charge in [0, 0.05) is 32.7 Å². The molecular formula is C52H47N7O7S3. The second kappa shape index (κ2) is 21.2. The van der Waals surface area contributed by atoms with Crippen molar-refractivity contribution in [1.82, 2.24) is 15.2 Å². The summed E-state index contributed by atoms with van der Waals surface area (Å²) >= 11 is 3.52. The first kappa shape index (κ1) is 48.0. The molecular weight excluding hydrogens is 931 g/mol. The molecule has 17 heteroatoms. The Balaban J connectivity index is 1.15. The van der Waals surface area contributed by atoms with Gasteiger partial charge in [-0.2, -0.15) is 0 Å². The van der Waals surface area contributed by atoms with Gasteiger partial charge in [-0.3, -0.25) is 25.2 Å². The first-order chi connectivity index (χ1) is 33.3. The number of oxime groups is 1. The number of carbonyl (C=O) groups is 4. The van der Waals surface area contributed by atoms with E-state index in [9.17, 15) is 19.2 Å². The zero-order valence-electron chi connectivity index (χ0n) is 37.6. The molecule has 0 radical (unpaired) electrons. The van der Waals surface area contributed by atoms with E-state index in [0.717, 1.165) is 34.2 Å². The van der Waals surface area contributed by atoms with E-state index in [2.05, 4.69) is 20.8 Å². The number of rotatable bonds is 16. The van der Waals surface area contributed by atoms with Crippen molar-refractivity contribution in [3.8, 4) is 0 Å². The number of hydrogen-bond donors (Lipinski definition) is 4. The molecule has 2 atom stereocenters. The van der Waals surface area contributed by atoms with Crippen LogP contribution in [-0.4, -0.2) is 68.1 Å². The summed E-state index contributed by atoms with van der Waals surface area (Å²) in [5.74, 6) is -2.07. The number of nitrogens with two attached hydrogens (primary N) is 1. The standard InChI is InChI=1S/C52H47N7O7S3/c1-51(2,3)65-50(63)57-49-55-38(31-69-49)41(58-66-52(35-23-13-6-14-24-35,36-25-15-7-16-26-36)37-27-17-8-18-28-37)45(60)56-42-46(61)59-43(39(32-68-47(42)59)67-30-29-40(53)54)48(62)64-44(33-19-9-4-10-20-33)34-21-11-5-12-22-34/h4-31,42,44,47H,32H2,1-3H3,(H3,53,54)(H,56,60)(H,55,57,63)/b30-29+,58-41-/t42?,47-/m1/s1. The number of amidine groups is 1. The van der Waals surface area contributed by atoms with E-state index < -0.39 is 52.6 Å². The molecule has 350 valence electrons. The maximum atomic E-state index is 14.9. The van der Waals surface area contributed by atoms with Gasteiger partial charge in [0.05, 0.1) is 0 Å². The van der Waals surface area contributed by atoms with Crippen molar-refractivity contribution in [2.24, 2.45) is 10.9 Å². The van der Waals surface area contributed by atoms with Crippen LogP contribution in [0.25, 0.3) is 0 Å². The molecule has 3 amide bonds. The van der Waals surface area contributed by atoms with Crippen LogP contribution in [0.3, 0.4) is 0 Å². The number of fused-ring (bicyclic) bond motifs is 1. The van der Waals surface area contributed by atoms with Gasteiger partial charge in [-0.05, 0) is 43.4 Å². The zero-order chi connectivity index (χ0) is 48.5. The lowest BCUT2D eigenvalue weighted by atomic mass is 9.80. The molecule has 5 N–H and O–H groups in total. The average Bonchev–Trinajstić information content (AvgIpc) is 3.81. The van der Waals surface area contributed by atoms with E-state index in [1.165, 1.54) is 22.7 Å². The lowest BCUT2D eigenvalue weighted by molar-refractivity contribution is -0.154. The van der Waals surface area contributed by atoms with Crippen molar-refractivity contribution in [2.75, 3.05) is 11.1 Å². The molecule has 1 saturated heterocycles. The highest BCUT2D eigenvalue weighted by Crippen LogP contribution is 2.45. The first-order valence-electron chi connectivity index (χ1n) is 21.7. The minimum atomic E-state index is -1.40. The molecule has 0 spiro atoms. The number of nitrogens with one attached hydrogen (secondary N) is 3. The van der Waals surface area contributed by atoms with E-state index in [1.54, 1.807) is 31.6 Å². The van der Waals surface area contributed by atoms with Crippen LogP contribution in [0.2, 0.25) is 0 Å². The molecule has 0 bridgehead atoms. The maximum Gasteiger partial charge on any atom is 0.413 e. The minimum absolute atomic E-state index is 0.0114. The number of carbonyl (C=O) groups excluding carboxylic acids is 4. The summed E-state index contributed by atoms with van der Waals surface area (Å²) in [6, 6.07) is 45.8. The third-order valence-corrected chi connectivity index (χ3v) is 13.8. The first-order valence-corrected chi connectivity index (χ1v) is 24.5. The Morgan fingerprint density at radius 1 is 0.841 bits per heavy atom. The number of aromatic nitrogens is 1. The Morgan fingerprint density at radius 2 is 1.36 bits per heavy atom. The second-order valence-corrected chi connectivity index (χ2v) is 19.6. The van der Waals surface area contributed by atoms with Gasteiger partial charge in [-0.1, -0.05) is 169 Å². The number of thiazole rings is 1. The number of esters is 1. The molecule has 1 unspecified atom stereocenters. The van der Waals surface area contributed by atoms with Gasteiger partial charge in [0.15, 0.2) is 16.9 Å². The van der Waals surface area contributed by atoms with Crippen molar-refractivity contribution in [1.29, 1.82) is 5.41 Å². The highest BCUT2D eigenvalue weighted by atomic mass is 32.2. The predicted molar refractivity (Wildman–Crippen MR) is 270 cm³/mol. The van der Waals surface area contributed by atoms with Gasteiger partial charge in [-0.25, -0.2) is 14.6 Å². The molecule has 0 aliphatic carbocycles. The van der Waals surface area contributed by atoms with Gasteiger partial charge >= 0.3 is 12.1 Å². The smallest absolute Gasteiger partial charge is 0.413 e. The summed E-state index contributed by atoms with van der Waals surface area (Å²) in [6.07, 6.45) is -0.177. The fourth-order valence-electron chi connectivity index (χ4n) is 7.64. The monoisotopic (exact) mass is 977 g/mol. The number of anilines is 1. The molecule has 2 aliphatic heterocycles. The summed E-state index contributed by atoms with van der Waals surface area (Å²) in [5, 5.41) is 20.3. The van der Waals surface area contributed by atoms with Crippen LogP contribution in [-0.2, 0) is 34.3 Å². The maximum absolute atomic E-state index is 14.9. The number of benzene rings is 5. The fourth-order valence-corrected chi connectivity index (χ4v) is 10.7. The summed E-state index contributed by atoms with van der Waals surface area (Å²) in [4.78, 5) is 69.9. The van der Waals surface area contributed by atoms with Crippen LogP contribution in [0.5, 0.6) is 0 Å². The fraction of sp³-hybridized carbons (Fsp3) is 0.173. The van der Waals surface area contributed by atoms with Crippen molar-refractivity contribution >= 4 is 75.4 Å². The van der Waals surface area contributed by atoms with Crippen molar-refractivity contribution < 1.29 is 33.5 Å². The Labute approximate surface area is 411 Å². The third kappa shape index (κ3) is 11.0. The number of nitrogens with zero attached hydrogens (tertiary/aromatic N) is 3. The number of amides is 3. The molecule has 6 aromatic rings. The number of ether oxygens (including phenoxy) is 2. The molecule has 0 saturated carbocycles. The number of β-lactam (4-membered cyclic amide) rings is 1. The predicted octanol–water partition coefficient (Wildman–Crippen LogP) is 9.33.